The van der Waals surface area contributed by atoms with Gasteiger partial charge < -0.3 is 15.7 Å². The number of hydrogen-bond acceptors (Lipinski definition) is 6. The highest BCUT2D eigenvalue weighted by Crippen LogP contribution is 2.37. The summed E-state index contributed by atoms with van der Waals surface area (Å²) in [7, 11) is 0. The molecule has 2 aromatic carbocycles. The first kappa shape index (κ1) is 17.5. The van der Waals surface area contributed by atoms with Gasteiger partial charge in [0, 0.05) is 17.5 Å². The summed E-state index contributed by atoms with van der Waals surface area (Å²) in [6.45, 7) is 3.85. The van der Waals surface area contributed by atoms with Gasteiger partial charge in [0.15, 0.2) is 0 Å². The van der Waals surface area contributed by atoms with Gasteiger partial charge in [-0.2, -0.15) is 10.0 Å². The van der Waals surface area contributed by atoms with Crippen molar-refractivity contribution < 1.29 is 4.90 Å². The lowest BCUT2D eigenvalue weighted by molar-refractivity contribution is -0.377. The Kier molecular flexibility index (Phi) is 4.41. The molecular formula is C21H18N5O2-. The van der Waals surface area contributed by atoms with Gasteiger partial charge >= 0.3 is 0 Å². The average molecular weight is 372 g/mol. The maximum Gasteiger partial charge on any atom is 0.222 e. The molecule has 2 aliphatic rings. The third kappa shape index (κ3) is 3.25. The lowest BCUT2D eigenvalue weighted by atomic mass is 10.0. The molecule has 1 heterocycles. The normalized spacial score (nSPS) is 17.0. The molecule has 0 aromatic heterocycles. The van der Waals surface area contributed by atoms with Crippen LogP contribution in [0.3, 0.4) is 0 Å². The van der Waals surface area contributed by atoms with Gasteiger partial charge in [0.2, 0.25) is 5.71 Å². The van der Waals surface area contributed by atoms with Crippen LogP contribution in [0.15, 0.2) is 82.2 Å². The predicted molar refractivity (Wildman–Crippen MR) is 114 cm³/mol. The predicted octanol–water partition coefficient (Wildman–Crippen LogP) is 4.11. The standard InChI is InChI=1S/C21H18N5O2/c1-13-20(14(2)24-25-16-8-10-17(11-9-16)26(27)28)23-21-18-6-4-3-5-15(18)7-12-19(21)22-13/h3-12,23-24H,1-2H3/q-1. The maximum absolute atomic E-state index is 10.7. The van der Waals surface area contributed by atoms with Gasteiger partial charge in [-0.05, 0) is 37.5 Å². The highest BCUT2D eigenvalue weighted by Gasteiger charge is 2.18. The zero-order valence-corrected chi connectivity index (χ0v) is 15.4. The molecule has 7 nitrogen and oxygen atoms in total. The fourth-order valence-electron chi connectivity index (χ4n) is 3.15. The average Bonchev–Trinajstić information content (AvgIpc) is 2.71. The van der Waals surface area contributed by atoms with Gasteiger partial charge in [-0.3, -0.25) is 5.43 Å². The first-order chi connectivity index (χ1) is 13.5. The molecule has 0 fully saturated rings. The topological polar surface area (TPSA) is 97.9 Å². The van der Waals surface area contributed by atoms with Crippen molar-refractivity contribution in [2.75, 3.05) is 5.32 Å². The fourth-order valence-corrected chi connectivity index (χ4v) is 3.15. The van der Waals surface area contributed by atoms with Crippen LogP contribution in [-0.2, 0) is 0 Å². The minimum Gasteiger partial charge on any atom is -0.612 e. The van der Waals surface area contributed by atoms with E-state index in [0.29, 0.717) is 5.71 Å². The fraction of sp³-hybridized carbons (Fsp3) is 0.0952. The second-order valence-corrected chi connectivity index (χ2v) is 6.50. The summed E-state index contributed by atoms with van der Waals surface area (Å²) in [5.41, 5.74) is 8.04. The molecule has 0 spiro atoms. The van der Waals surface area contributed by atoms with Crippen molar-refractivity contribution in [2.24, 2.45) is 10.1 Å². The van der Waals surface area contributed by atoms with Crippen molar-refractivity contribution in [1.29, 1.82) is 0 Å². The number of nitrogens with one attached hydrogen (secondary N) is 2. The molecular weight excluding hydrogens is 354 g/mol. The van der Waals surface area contributed by atoms with Gasteiger partial charge in [0.1, 0.15) is 0 Å². The Morgan fingerprint density at radius 3 is 2.57 bits per heavy atom. The summed E-state index contributed by atoms with van der Waals surface area (Å²) in [5, 5.41) is 31.5. The van der Waals surface area contributed by atoms with E-state index in [9.17, 15) is 10.4 Å². The van der Waals surface area contributed by atoms with E-state index >= 15 is 0 Å². The minimum atomic E-state index is -0.433. The number of hydrazone groups is 1. The third-order valence-corrected chi connectivity index (χ3v) is 4.60. The number of benzene rings is 2. The van der Waals surface area contributed by atoms with Crippen LogP contribution in [0, 0.1) is 10.4 Å². The Hall–Kier alpha value is -3.87. The van der Waals surface area contributed by atoms with Crippen LogP contribution in [0.1, 0.15) is 13.8 Å². The van der Waals surface area contributed by atoms with Crippen LogP contribution >= 0.6 is 0 Å². The summed E-state index contributed by atoms with van der Waals surface area (Å²) in [6, 6.07) is 12.2. The Labute approximate surface area is 162 Å². The van der Waals surface area contributed by atoms with Crippen LogP contribution in [0.4, 0.5) is 11.4 Å². The second kappa shape index (κ2) is 7.03. The van der Waals surface area contributed by atoms with Gasteiger partial charge in [0.25, 0.3) is 0 Å². The summed E-state index contributed by atoms with van der Waals surface area (Å²) in [4.78, 5) is 4.29. The van der Waals surface area contributed by atoms with Crippen molar-refractivity contribution in [3.8, 4) is 0 Å². The molecule has 0 saturated carbocycles. The minimum absolute atomic E-state index is 0.0365. The van der Waals surface area contributed by atoms with Crippen molar-refractivity contribution in [3.05, 3.63) is 82.5 Å². The van der Waals surface area contributed by atoms with Crippen molar-refractivity contribution in [1.82, 2.24) is 5.43 Å². The number of rotatable bonds is 2. The molecule has 2 N–H and O–H groups in total. The van der Waals surface area contributed by atoms with Gasteiger partial charge in [-0.15, -0.1) is 0 Å². The second-order valence-electron chi connectivity index (χ2n) is 6.50. The van der Waals surface area contributed by atoms with Crippen LogP contribution in [0.2, 0.25) is 0 Å². The molecule has 1 aliphatic carbocycles. The Balaban J connectivity index is 1.63. The number of nitrogens with zero attached hydrogens (tertiary/aromatic N) is 3. The monoisotopic (exact) mass is 372 g/mol. The van der Waals surface area contributed by atoms with E-state index in [-0.39, 0.29) is 5.71 Å². The number of hydrogen-bond donors (Lipinski definition) is 2. The smallest absolute Gasteiger partial charge is 0.222 e. The molecule has 0 radical (unpaired) electrons. The molecule has 0 unspecified atom stereocenters. The molecule has 1 aliphatic heterocycles. The first-order valence-electron chi connectivity index (χ1n) is 8.79. The largest absolute Gasteiger partial charge is 0.612 e. The maximum atomic E-state index is 10.7. The number of allylic oxidation sites excluding steroid dienone is 6. The quantitative estimate of drug-likeness (QED) is 0.471. The molecule has 0 atom stereocenters. The van der Waals surface area contributed by atoms with Gasteiger partial charge in [0.05, 0.1) is 34.2 Å². The molecule has 0 saturated heterocycles. The van der Waals surface area contributed by atoms with Crippen molar-refractivity contribution in [2.45, 2.75) is 13.8 Å². The lowest BCUT2D eigenvalue weighted by Crippen LogP contribution is -2.20. The molecule has 28 heavy (non-hydrogen) atoms. The Bertz CT molecular complexity index is 1130. The van der Waals surface area contributed by atoms with Crippen LogP contribution in [-0.4, -0.2) is 22.0 Å². The van der Waals surface area contributed by atoms with E-state index in [1.807, 2.05) is 32.0 Å². The van der Waals surface area contributed by atoms with E-state index < -0.39 is 4.90 Å². The lowest BCUT2D eigenvalue weighted by Gasteiger charge is -2.22. The Morgan fingerprint density at radius 1 is 1.07 bits per heavy atom. The van der Waals surface area contributed by atoms with E-state index in [1.54, 1.807) is 12.2 Å². The summed E-state index contributed by atoms with van der Waals surface area (Å²) < 4.78 is 0. The van der Waals surface area contributed by atoms with E-state index in [4.69, 9.17) is 4.99 Å². The summed E-state index contributed by atoms with van der Waals surface area (Å²) in [5.74, 6) is 0. The van der Waals surface area contributed by atoms with Crippen molar-refractivity contribution in [3.63, 3.8) is 0 Å². The van der Waals surface area contributed by atoms with E-state index in [2.05, 4.69) is 34.0 Å². The number of aliphatic imine (C=N–C) groups is 1. The summed E-state index contributed by atoms with van der Waals surface area (Å²) >= 11 is 0. The molecule has 0 bridgehead atoms. The third-order valence-electron chi connectivity index (χ3n) is 4.60. The molecule has 4 rings (SSSR count). The van der Waals surface area contributed by atoms with E-state index in [0.717, 1.165) is 39.3 Å². The molecule has 7 heteroatoms. The molecule has 0 amide bonds. The number of fused-ring (bicyclic) bond motifs is 3. The van der Waals surface area contributed by atoms with Crippen LogP contribution < -0.4 is 10.7 Å². The van der Waals surface area contributed by atoms with Crippen molar-refractivity contribution >= 4 is 39.3 Å². The first-order valence-corrected chi connectivity index (χ1v) is 8.79. The zero-order chi connectivity index (χ0) is 19.7. The molecule has 140 valence electrons. The van der Waals surface area contributed by atoms with E-state index in [1.165, 1.54) is 12.2 Å². The van der Waals surface area contributed by atoms with Crippen LogP contribution in [0.5, 0.6) is 0 Å². The Morgan fingerprint density at radius 2 is 1.82 bits per heavy atom. The zero-order valence-electron chi connectivity index (χ0n) is 15.4. The highest BCUT2D eigenvalue weighted by molar-refractivity contribution is 6.17. The SMILES string of the molecule is CC1=Nc2ccc3ccccc3c2NC1=C(C)NN=C1C=CC(=[N+]([O-])[O-])C=C1. The number of anilines is 1. The molecule has 2 aromatic rings. The van der Waals surface area contributed by atoms with Crippen LogP contribution in [0.25, 0.3) is 10.8 Å². The van der Waals surface area contributed by atoms with Gasteiger partial charge in [-0.1, -0.05) is 30.3 Å². The summed E-state index contributed by atoms with van der Waals surface area (Å²) in [6.07, 6.45) is 6.05. The highest BCUT2D eigenvalue weighted by atomic mass is 16.8. The van der Waals surface area contributed by atoms with Gasteiger partial charge in [-0.25, -0.2) is 4.99 Å².